The Labute approximate surface area is 158 Å². The molecule has 0 N–H and O–H groups in total. The first-order valence-corrected chi connectivity index (χ1v) is 9.47. The van der Waals surface area contributed by atoms with Crippen molar-refractivity contribution in [2.24, 2.45) is 0 Å². The number of amides is 3. The average Bonchev–Trinajstić information content (AvgIpc) is 2.85. The second-order valence-corrected chi connectivity index (χ2v) is 8.00. The third kappa shape index (κ3) is 3.33. The van der Waals surface area contributed by atoms with Crippen molar-refractivity contribution in [3.8, 4) is 0 Å². The lowest BCUT2D eigenvalue weighted by Crippen LogP contribution is -2.33. The Balaban J connectivity index is 1.87. The molecule has 3 rings (SSSR count). The molecule has 28 heavy (non-hydrogen) atoms. The van der Waals surface area contributed by atoms with Crippen molar-refractivity contribution >= 4 is 27.5 Å². The van der Waals surface area contributed by atoms with Gasteiger partial charge in [0.15, 0.2) is 0 Å². The highest BCUT2D eigenvalue weighted by Crippen LogP contribution is 2.32. The summed E-state index contributed by atoms with van der Waals surface area (Å²) < 4.78 is 60.8. The van der Waals surface area contributed by atoms with E-state index in [4.69, 9.17) is 0 Å². The summed E-state index contributed by atoms with van der Waals surface area (Å²) in [6.07, 6.45) is 3.08. The summed E-state index contributed by atoms with van der Waals surface area (Å²) >= 11 is 0. The highest BCUT2D eigenvalue weighted by Gasteiger charge is 2.47. The summed E-state index contributed by atoms with van der Waals surface area (Å²) in [5, 5.41) is 0. The topological polar surface area (TPSA) is 87.7 Å². The van der Waals surface area contributed by atoms with Gasteiger partial charge in [0, 0.05) is 18.9 Å². The maximum Gasteiger partial charge on any atom is 0.501 e. The molecule has 3 amide bonds. The molecular weight excluding hydrogens is 399 g/mol. The molecule has 2 heterocycles. The fraction of sp³-hybridized carbons (Fsp3) is 0.235. The van der Waals surface area contributed by atoms with Gasteiger partial charge in [-0.3, -0.25) is 9.78 Å². The van der Waals surface area contributed by atoms with Gasteiger partial charge in [-0.05, 0) is 48.9 Å². The smallest absolute Gasteiger partial charge is 0.308 e. The lowest BCUT2D eigenvalue weighted by atomic mass is 10.2. The first kappa shape index (κ1) is 19.8. The summed E-state index contributed by atoms with van der Waals surface area (Å²) in [7, 11) is -5.51. The average molecular weight is 413 g/mol. The maximum atomic E-state index is 12.7. The quantitative estimate of drug-likeness (QED) is 0.720. The molecule has 0 radical (unpaired) electrons. The van der Waals surface area contributed by atoms with Gasteiger partial charge in [-0.1, -0.05) is 0 Å². The van der Waals surface area contributed by atoms with E-state index in [-0.39, 0.29) is 12.2 Å². The van der Waals surface area contributed by atoms with Crippen LogP contribution < -0.4 is 4.90 Å². The Morgan fingerprint density at radius 1 is 1.04 bits per heavy atom. The molecule has 0 unspecified atom stereocenters. The van der Waals surface area contributed by atoms with Crippen molar-refractivity contribution in [2.45, 2.75) is 29.9 Å². The van der Waals surface area contributed by atoms with Crippen LogP contribution in [0.25, 0.3) is 0 Å². The predicted molar refractivity (Wildman–Crippen MR) is 91.8 cm³/mol. The number of imide groups is 1. The molecule has 1 fully saturated rings. The van der Waals surface area contributed by atoms with Crippen LogP contribution in [0, 0.1) is 0 Å². The Hall–Kier alpha value is -2.95. The molecule has 1 saturated heterocycles. The molecule has 0 saturated carbocycles. The molecule has 1 aromatic carbocycles. The number of carbonyl (C=O) groups is 2. The third-order valence-corrected chi connectivity index (χ3v) is 5.80. The second-order valence-electron chi connectivity index (χ2n) is 6.06. The van der Waals surface area contributed by atoms with Gasteiger partial charge in [0.1, 0.15) is 6.04 Å². The highest BCUT2D eigenvalue weighted by atomic mass is 32.2. The summed E-state index contributed by atoms with van der Waals surface area (Å²) in [6, 6.07) is 5.35. The molecule has 11 heteroatoms. The van der Waals surface area contributed by atoms with E-state index in [1.54, 1.807) is 24.5 Å². The number of benzene rings is 1. The van der Waals surface area contributed by atoms with Gasteiger partial charge in [-0.15, -0.1) is 0 Å². The minimum absolute atomic E-state index is 0.0137. The van der Waals surface area contributed by atoms with Gasteiger partial charge in [0.25, 0.3) is 15.7 Å². The maximum absolute atomic E-state index is 12.7. The van der Waals surface area contributed by atoms with E-state index in [1.807, 2.05) is 0 Å². The first-order valence-electron chi connectivity index (χ1n) is 7.99. The fourth-order valence-corrected chi connectivity index (χ4v) is 3.51. The minimum Gasteiger partial charge on any atom is -0.308 e. The largest absolute Gasteiger partial charge is 0.501 e. The van der Waals surface area contributed by atoms with Crippen LogP contribution in [0.5, 0.6) is 0 Å². The summed E-state index contributed by atoms with van der Waals surface area (Å²) in [5.74, 6) is -0.564. The molecule has 148 valence electrons. The Morgan fingerprint density at radius 2 is 1.61 bits per heavy atom. The number of pyridine rings is 1. The standard InChI is InChI=1S/C17H14F3N3O4S/c1-11-15(24)23(16(25)22(11)10-12-6-8-21-9-7-12)13-2-4-14(5-3-13)28(26,27)17(18,19)20/h2-9,11H,10H2,1H3/t11-/m0/s1. The lowest BCUT2D eigenvalue weighted by molar-refractivity contribution is -0.119. The van der Waals surface area contributed by atoms with Crippen LogP contribution in [0.4, 0.5) is 23.7 Å². The molecule has 1 aliphatic rings. The van der Waals surface area contributed by atoms with Gasteiger partial charge in [0.2, 0.25) is 0 Å². The minimum atomic E-state index is -5.51. The summed E-state index contributed by atoms with van der Waals surface area (Å²) in [4.78, 5) is 30.2. The van der Waals surface area contributed by atoms with E-state index in [9.17, 15) is 31.2 Å². The lowest BCUT2D eigenvalue weighted by Gasteiger charge is -2.19. The number of halogens is 3. The number of hydrogen-bond acceptors (Lipinski definition) is 5. The number of hydrogen-bond donors (Lipinski definition) is 0. The van der Waals surface area contributed by atoms with E-state index in [0.717, 1.165) is 34.7 Å². The fourth-order valence-electron chi connectivity index (χ4n) is 2.74. The van der Waals surface area contributed by atoms with Crippen LogP contribution in [-0.2, 0) is 21.2 Å². The van der Waals surface area contributed by atoms with Gasteiger partial charge >= 0.3 is 11.5 Å². The van der Waals surface area contributed by atoms with E-state index in [2.05, 4.69) is 4.98 Å². The number of sulfone groups is 1. The molecule has 0 spiro atoms. The predicted octanol–water partition coefficient (Wildman–Crippen LogP) is 2.73. The highest BCUT2D eigenvalue weighted by molar-refractivity contribution is 7.92. The van der Waals surface area contributed by atoms with Crippen molar-refractivity contribution < 1.29 is 31.2 Å². The van der Waals surface area contributed by atoms with Crippen LogP contribution in [0.3, 0.4) is 0 Å². The Morgan fingerprint density at radius 3 is 2.14 bits per heavy atom. The molecule has 2 aromatic rings. The van der Waals surface area contributed by atoms with E-state index in [0.29, 0.717) is 0 Å². The Bertz CT molecular complexity index is 1010. The normalized spacial score (nSPS) is 18.1. The second kappa shape index (κ2) is 6.89. The molecule has 0 bridgehead atoms. The summed E-state index contributed by atoms with van der Waals surface area (Å²) in [5.41, 5.74) is -4.71. The third-order valence-electron chi connectivity index (χ3n) is 4.29. The number of urea groups is 1. The zero-order valence-corrected chi connectivity index (χ0v) is 15.2. The van der Waals surface area contributed by atoms with Crippen molar-refractivity contribution in [2.75, 3.05) is 4.90 Å². The molecule has 1 atom stereocenters. The first-order chi connectivity index (χ1) is 13.0. The number of nitrogens with zero attached hydrogens (tertiary/aromatic N) is 3. The zero-order chi connectivity index (χ0) is 20.7. The van der Waals surface area contributed by atoms with Gasteiger partial charge < -0.3 is 4.90 Å². The van der Waals surface area contributed by atoms with Crippen molar-refractivity contribution in [3.63, 3.8) is 0 Å². The van der Waals surface area contributed by atoms with Crippen LogP contribution in [0.1, 0.15) is 12.5 Å². The number of anilines is 1. The SMILES string of the molecule is C[C@H]1C(=O)N(c2ccc(S(=O)(=O)C(F)(F)F)cc2)C(=O)N1Cc1ccncc1. The summed E-state index contributed by atoms with van der Waals surface area (Å²) in [6.45, 7) is 1.68. The molecule has 7 nitrogen and oxygen atoms in total. The van der Waals surface area contributed by atoms with E-state index in [1.165, 1.54) is 11.8 Å². The molecule has 1 aromatic heterocycles. The monoisotopic (exact) mass is 413 g/mol. The number of alkyl halides is 3. The van der Waals surface area contributed by atoms with E-state index < -0.39 is 38.2 Å². The van der Waals surface area contributed by atoms with Crippen LogP contribution in [-0.4, -0.2) is 41.8 Å². The molecule has 1 aliphatic heterocycles. The Kier molecular flexibility index (Phi) is 4.88. The number of rotatable bonds is 4. The van der Waals surface area contributed by atoms with Crippen LogP contribution in [0.15, 0.2) is 53.7 Å². The van der Waals surface area contributed by atoms with Crippen LogP contribution >= 0.6 is 0 Å². The van der Waals surface area contributed by atoms with Gasteiger partial charge in [-0.25, -0.2) is 18.1 Å². The zero-order valence-electron chi connectivity index (χ0n) is 14.4. The number of carbonyl (C=O) groups excluding carboxylic acids is 2. The number of aromatic nitrogens is 1. The van der Waals surface area contributed by atoms with Crippen molar-refractivity contribution in [1.82, 2.24) is 9.88 Å². The van der Waals surface area contributed by atoms with Gasteiger partial charge in [0.05, 0.1) is 10.6 Å². The van der Waals surface area contributed by atoms with E-state index >= 15 is 0 Å². The van der Waals surface area contributed by atoms with Crippen molar-refractivity contribution in [3.05, 3.63) is 54.4 Å². The molecule has 0 aliphatic carbocycles. The van der Waals surface area contributed by atoms with Crippen molar-refractivity contribution in [1.29, 1.82) is 0 Å². The molecular formula is C17H14F3N3O4S. The van der Waals surface area contributed by atoms with Crippen LogP contribution in [0.2, 0.25) is 0 Å². The van der Waals surface area contributed by atoms with Gasteiger partial charge in [-0.2, -0.15) is 13.2 Å².